The van der Waals surface area contributed by atoms with Crippen LogP contribution in [0.1, 0.15) is 36.5 Å². The molecule has 0 saturated carbocycles. The molecule has 0 fully saturated rings. The van der Waals surface area contributed by atoms with Gasteiger partial charge in [-0.15, -0.1) is 0 Å². The zero-order valence-electron chi connectivity index (χ0n) is 12.5. The Morgan fingerprint density at radius 2 is 1.76 bits per heavy atom. The van der Waals surface area contributed by atoms with E-state index in [1.54, 1.807) is 11.1 Å². The van der Waals surface area contributed by atoms with Crippen molar-refractivity contribution in [3.8, 4) is 11.1 Å². The van der Waals surface area contributed by atoms with Gasteiger partial charge >= 0.3 is 0 Å². The predicted molar refractivity (Wildman–Crippen MR) is 89.5 cm³/mol. The third kappa shape index (κ3) is 2.25. The first-order valence-electron chi connectivity index (χ1n) is 7.86. The van der Waals surface area contributed by atoms with Crippen molar-refractivity contribution in [2.75, 3.05) is 0 Å². The van der Waals surface area contributed by atoms with Crippen LogP contribution in [0.3, 0.4) is 0 Å². The summed E-state index contributed by atoms with van der Waals surface area (Å²) in [4.78, 5) is 0. The van der Waals surface area contributed by atoms with Gasteiger partial charge in [-0.05, 0) is 60.4 Å². The number of allylic oxidation sites excluding steroid dienone is 4. The minimum Gasteiger partial charge on any atom is -0.0775 e. The van der Waals surface area contributed by atoms with E-state index in [1.165, 1.54) is 40.7 Å². The summed E-state index contributed by atoms with van der Waals surface area (Å²) in [5.74, 6) is 0. The van der Waals surface area contributed by atoms with Gasteiger partial charge in [0.25, 0.3) is 0 Å². The maximum Gasteiger partial charge on any atom is -0.00107 e. The number of rotatable bonds is 3. The molecule has 0 nitrogen and oxygen atoms in total. The zero-order valence-corrected chi connectivity index (χ0v) is 12.5. The number of hydrogen-bond acceptors (Lipinski definition) is 0. The number of fused-ring (bicyclic) bond motifs is 3. The largest absolute Gasteiger partial charge is 0.0775 e. The average molecular weight is 272 g/mol. The fourth-order valence-electron chi connectivity index (χ4n) is 3.66. The maximum atomic E-state index is 2.36. The van der Waals surface area contributed by atoms with E-state index in [0.717, 1.165) is 12.8 Å². The lowest BCUT2D eigenvalue weighted by molar-refractivity contribution is 0.907. The van der Waals surface area contributed by atoms with Crippen LogP contribution in [-0.4, -0.2) is 0 Å². The van der Waals surface area contributed by atoms with Gasteiger partial charge in [0, 0.05) is 0 Å². The van der Waals surface area contributed by atoms with Crippen LogP contribution in [0, 0.1) is 0 Å². The molecule has 0 N–H and O–H groups in total. The van der Waals surface area contributed by atoms with Crippen LogP contribution in [0.5, 0.6) is 0 Å². The van der Waals surface area contributed by atoms with Crippen molar-refractivity contribution >= 4 is 0 Å². The van der Waals surface area contributed by atoms with Crippen LogP contribution >= 0.6 is 0 Å². The molecule has 2 aliphatic rings. The second-order valence-corrected chi connectivity index (χ2v) is 6.23. The molecule has 104 valence electrons. The minimum absolute atomic E-state index is 1.11. The number of hydrogen-bond donors (Lipinski definition) is 0. The van der Waals surface area contributed by atoms with E-state index in [1.807, 2.05) is 0 Å². The van der Waals surface area contributed by atoms with Gasteiger partial charge in [-0.1, -0.05) is 65.8 Å². The lowest BCUT2D eigenvalue weighted by Crippen LogP contribution is -1.94. The van der Waals surface area contributed by atoms with E-state index in [0.29, 0.717) is 0 Å². The van der Waals surface area contributed by atoms with E-state index in [-0.39, 0.29) is 0 Å². The topological polar surface area (TPSA) is 0 Å². The fourth-order valence-corrected chi connectivity index (χ4v) is 3.66. The first-order valence-corrected chi connectivity index (χ1v) is 7.86. The second kappa shape index (κ2) is 5.04. The summed E-state index contributed by atoms with van der Waals surface area (Å²) in [5.41, 5.74) is 10.5. The van der Waals surface area contributed by atoms with Crippen molar-refractivity contribution in [2.45, 2.75) is 32.6 Å². The summed E-state index contributed by atoms with van der Waals surface area (Å²) in [5, 5.41) is 0. The molecule has 4 rings (SSSR count). The van der Waals surface area contributed by atoms with Crippen LogP contribution in [-0.2, 0) is 12.8 Å². The Morgan fingerprint density at radius 3 is 2.62 bits per heavy atom. The van der Waals surface area contributed by atoms with Gasteiger partial charge in [0.05, 0.1) is 0 Å². The molecule has 0 unspecified atom stereocenters. The zero-order chi connectivity index (χ0) is 14.2. The molecular formula is C21H20. The third-order valence-electron chi connectivity index (χ3n) is 4.78. The Morgan fingerprint density at radius 1 is 0.905 bits per heavy atom. The average Bonchev–Trinajstić information content (AvgIpc) is 3.09. The standard InChI is InChI=1S/C21H20/c1-15-9-10-16(13-15)11-12-17-6-4-8-20-19-7-3-2-5-18(19)14-21(17)20/h2-9,13H,10-12,14H2,1H3. The first-order chi connectivity index (χ1) is 10.3. The molecule has 2 aromatic rings. The summed E-state index contributed by atoms with van der Waals surface area (Å²) in [7, 11) is 0. The summed E-state index contributed by atoms with van der Waals surface area (Å²) >= 11 is 0. The predicted octanol–water partition coefficient (Wildman–Crippen LogP) is 5.47. The van der Waals surface area contributed by atoms with E-state index in [9.17, 15) is 0 Å². The highest BCUT2D eigenvalue weighted by atomic mass is 14.2. The Kier molecular flexibility index (Phi) is 3.03. The minimum atomic E-state index is 1.11. The van der Waals surface area contributed by atoms with Gasteiger partial charge in [-0.3, -0.25) is 0 Å². The molecule has 0 bridgehead atoms. The monoisotopic (exact) mass is 272 g/mol. The molecule has 0 atom stereocenters. The molecule has 0 heteroatoms. The maximum absolute atomic E-state index is 2.36. The number of benzene rings is 2. The summed E-state index contributed by atoms with van der Waals surface area (Å²) in [6.45, 7) is 2.20. The fraction of sp³-hybridized carbons (Fsp3) is 0.238. The summed E-state index contributed by atoms with van der Waals surface area (Å²) in [6, 6.07) is 15.7. The normalized spacial score (nSPS) is 15.5. The highest BCUT2D eigenvalue weighted by Gasteiger charge is 2.20. The molecule has 0 amide bonds. The Bertz CT molecular complexity index is 759. The van der Waals surface area contributed by atoms with Crippen molar-refractivity contribution in [3.63, 3.8) is 0 Å². The Labute approximate surface area is 126 Å². The highest BCUT2D eigenvalue weighted by Crippen LogP contribution is 2.38. The van der Waals surface area contributed by atoms with Crippen LogP contribution in [0.25, 0.3) is 11.1 Å². The molecule has 0 aliphatic heterocycles. The lowest BCUT2D eigenvalue weighted by Gasteiger charge is -2.09. The van der Waals surface area contributed by atoms with E-state index < -0.39 is 0 Å². The van der Waals surface area contributed by atoms with Crippen LogP contribution < -0.4 is 0 Å². The highest BCUT2D eigenvalue weighted by molar-refractivity contribution is 5.77. The quantitative estimate of drug-likeness (QED) is 0.593. The Balaban J connectivity index is 1.60. The summed E-state index contributed by atoms with van der Waals surface area (Å²) < 4.78 is 0. The van der Waals surface area contributed by atoms with Gasteiger partial charge in [-0.25, -0.2) is 0 Å². The number of aryl methyl sites for hydroxylation is 1. The van der Waals surface area contributed by atoms with Gasteiger partial charge in [0.2, 0.25) is 0 Å². The van der Waals surface area contributed by atoms with Crippen molar-refractivity contribution in [3.05, 3.63) is 82.5 Å². The van der Waals surface area contributed by atoms with Crippen molar-refractivity contribution in [1.29, 1.82) is 0 Å². The van der Waals surface area contributed by atoms with Gasteiger partial charge in [-0.2, -0.15) is 0 Å². The van der Waals surface area contributed by atoms with Gasteiger partial charge in [0.15, 0.2) is 0 Å². The van der Waals surface area contributed by atoms with Crippen LogP contribution in [0.15, 0.2) is 65.8 Å². The molecule has 2 aromatic carbocycles. The molecule has 0 saturated heterocycles. The molecule has 0 heterocycles. The second-order valence-electron chi connectivity index (χ2n) is 6.23. The van der Waals surface area contributed by atoms with Crippen LogP contribution in [0.2, 0.25) is 0 Å². The third-order valence-corrected chi connectivity index (χ3v) is 4.78. The van der Waals surface area contributed by atoms with Gasteiger partial charge < -0.3 is 0 Å². The van der Waals surface area contributed by atoms with Crippen molar-refractivity contribution < 1.29 is 0 Å². The molecular weight excluding hydrogens is 252 g/mol. The Hall–Kier alpha value is -2.08. The molecule has 0 aromatic heterocycles. The molecule has 21 heavy (non-hydrogen) atoms. The van der Waals surface area contributed by atoms with E-state index in [2.05, 4.69) is 61.5 Å². The lowest BCUT2D eigenvalue weighted by atomic mass is 9.96. The molecule has 0 spiro atoms. The smallest absolute Gasteiger partial charge is 0.00107 e. The summed E-state index contributed by atoms with van der Waals surface area (Å²) in [6.07, 6.45) is 9.32. The van der Waals surface area contributed by atoms with Crippen LogP contribution in [0.4, 0.5) is 0 Å². The van der Waals surface area contributed by atoms with Crippen molar-refractivity contribution in [2.24, 2.45) is 0 Å². The SMILES string of the molecule is CC1=CCC(CCc2cccc3c2Cc2ccccc2-3)=C1. The molecule has 0 radical (unpaired) electrons. The van der Waals surface area contributed by atoms with Crippen molar-refractivity contribution in [1.82, 2.24) is 0 Å². The molecule has 2 aliphatic carbocycles. The first kappa shape index (κ1) is 12.6. The van der Waals surface area contributed by atoms with E-state index >= 15 is 0 Å². The van der Waals surface area contributed by atoms with Gasteiger partial charge in [0.1, 0.15) is 0 Å². The van der Waals surface area contributed by atoms with E-state index in [4.69, 9.17) is 0 Å².